The number of nitrogens with zero attached hydrogens (tertiary/aromatic N) is 2. The third kappa shape index (κ3) is 5.02. The Kier molecular flexibility index (Phi) is 6.81. The number of hydrogen-bond donors (Lipinski definition) is 2. The highest BCUT2D eigenvalue weighted by molar-refractivity contribution is 6.31. The summed E-state index contributed by atoms with van der Waals surface area (Å²) in [5.74, 6) is -1.08. The Morgan fingerprint density at radius 2 is 1.94 bits per heavy atom. The normalized spacial score (nSPS) is 15.0. The fourth-order valence-electron chi connectivity index (χ4n) is 3.96. The molecule has 0 saturated carbocycles. The van der Waals surface area contributed by atoms with Crippen molar-refractivity contribution in [1.29, 1.82) is 0 Å². The summed E-state index contributed by atoms with van der Waals surface area (Å²) in [6.07, 6.45) is -3.30. The molecule has 0 bridgehead atoms. The van der Waals surface area contributed by atoms with Crippen LogP contribution in [-0.4, -0.2) is 53.5 Å². The topological polar surface area (TPSA) is 87.3 Å². The number of carbonyl (C=O) groups excluding carboxylic acids is 2. The molecule has 4 rings (SSSR count). The Morgan fingerprint density at radius 1 is 1.21 bits per heavy atom. The molecule has 1 atom stereocenters. The molecule has 0 spiro atoms. The van der Waals surface area contributed by atoms with Crippen molar-refractivity contribution in [1.82, 2.24) is 20.2 Å². The van der Waals surface area contributed by atoms with E-state index in [4.69, 9.17) is 16.3 Å². The first-order valence-electron chi connectivity index (χ1n) is 10.6. The minimum absolute atomic E-state index is 0.0248. The summed E-state index contributed by atoms with van der Waals surface area (Å²) in [4.78, 5) is 34.4. The molecule has 1 saturated heterocycles. The molecule has 2 aromatic carbocycles. The van der Waals surface area contributed by atoms with Crippen LogP contribution in [0.2, 0.25) is 5.02 Å². The molecule has 1 aliphatic heterocycles. The lowest BCUT2D eigenvalue weighted by Gasteiger charge is -2.20. The Bertz CT molecular complexity index is 1220. The van der Waals surface area contributed by atoms with Crippen LogP contribution in [0, 0.1) is 0 Å². The van der Waals surface area contributed by atoms with Crippen molar-refractivity contribution in [3.8, 4) is 0 Å². The molecular formula is C23H22ClF3N4O3. The van der Waals surface area contributed by atoms with Gasteiger partial charge >= 0.3 is 6.18 Å². The zero-order valence-corrected chi connectivity index (χ0v) is 19.0. The third-order valence-electron chi connectivity index (χ3n) is 5.64. The van der Waals surface area contributed by atoms with Gasteiger partial charge in [0.15, 0.2) is 0 Å². The van der Waals surface area contributed by atoms with E-state index >= 15 is 0 Å². The Labute approximate surface area is 198 Å². The highest BCUT2D eigenvalue weighted by atomic mass is 35.5. The van der Waals surface area contributed by atoms with Crippen LogP contribution in [0.25, 0.3) is 11.0 Å². The van der Waals surface area contributed by atoms with Crippen LogP contribution in [0.3, 0.4) is 0 Å². The predicted octanol–water partition coefficient (Wildman–Crippen LogP) is 4.59. The predicted molar refractivity (Wildman–Crippen MR) is 120 cm³/mol. The molecule has 1 aromatic heterocycles. The zero-order chi connectivity index (χ0) is 24.5. The molecule has 2 N–H and O–H groups in total. The summed E-state index contributed by atoms with van der Waals surface area (Å²) in [6.45, 7) is 0.858. The van der Waals surface area contributed by atoms with Crippen LogP contribution in [0.4, 0.5) is 13.2 Å². The van der Waals surface area contributed by atoms with E-state index in [1.165, 1.54) is 18.1 Å². The van der Waals surface area contributed by atoms with E-state index in [0.29, 0.717) is 41.0 Å². The van der Waals surface area contributed by atoms with Crippen LogP contribution in [0.15, 0.2) is 36.4 Å². The largest absolute Gasteiger partial charge is 0.417 e. The second-order valence-corrected chi connectivity index (χ2v) is 8.46. The SMILES string of the molecule is COC[C@H](NC(=O)c1ccc(C(=O)N2CCCC2)c(C(F)(F)F)c1)c1nc2cc(Cl)ccc2[nH]1. The average molecular weight is 495 g/mol. The summed E-state index contributed by atoms with van der Waals surface area (Å²) in [5.41, 5.74) is -0.585. The lowest BCUT2D eigenvalue weighted by atomic mass is 10.0. The molecule has 34 heavy (non-hydrogen) atoms. The molecule has 2 heterocycles. The molecule has 3 aromatic rings. The van der Waals surface area contributed by atoms with Gasteiger partial charge < -0.3 is 19.9 Å². The fourth-order valence-corrected chi connectivity index (χ4v) is 4.12. The highest BCUT2D eigenvalue weighted by Gasteiger charge is 2.37. The summed E-state index contributed by atoms with van der Waals surface area (Å²) < 4.78 is 46.5. The van der Waals surface area contributed by atoms with Crippen molar-refractivity contribution in [2.45, 2.75) is 25.1 Å². The Balaban J connectivity index is 1.61. The molecule has 0 radical (unpaired) electrons. The highest BCUT2D eigenvalue weighted by Crippen LogP contribution is 2.34. The fraction of sp³-hybridized carbons (Fsp3) is 0.348. The summed E-state index contributed by atoms with van der Waals surface area (Å²) >= 11 is 5.99. The van der Waals surface area contributed by atoms with Gasteiger partial charge in [-0.15, -0.1) is 0 Å². The van der Waals surface area contributed by atoms with Crippen molar-refractivity contribution in [2.75, 3.05) is 26.8 Å². The number of alkyl halides is 3. The number of H-pyrrole nitrogens is 1. The van der Waals surface area contributed by atoms with Crippen LogP contribution < -0.4 is 5.32 Å². The van der Waals surface area contributed by atoms with E-state index < -0.39 is 35.2 Å². The second-order valence-electron chi connectivity index (χ2n) is 8.02. The number of methoxy groups -OCH3 is 1. The van der Waals surface area contributed by atoms with Gasteiger partial charge in [0.05, 0.1) is 28.8 Å². The van der Waals surface area contributed by atoms with Gasteiger partial charge in [0.1, 0.15) is 11.9 Å². The number of hydrogen-bond acceptors (Lipinski definition) is 4. The number of aromatic amines is 1. The van der Waals surface area contributed by atoms with E-state index in [9.17, 15) is 22.8 Å². The first kappa shape index (κ1) is 24.0. The average Bonchev–Trinajstić information content (AvgIpc) is 3.47. The molecule has 1 fully saturated rings. The number of likely N-dealkylation sites (tertiary alicyclic amines) is 1. The number of rotatable bonds is 6. The number of halogens is 4. The van der Waals surface area contributed by atoms with Crippen LogP contribution in [-0.2, 0) is 10.9 Å². The maximum Gasteiger partial charge on any atom is 0.417 e. The number of benzene rings is 2. The van der Waals surface area contributed by atoms with Crippen LogP contribution in [0.5, 0.6) is 0 Å². The maximum absolute atomic E-state index is 13.8. The van der Waals surface area contributed by atoms with Crippen molar-refractivity contribution < 1.29 is 27.5 Å². The van der Waals surface area contributed by atoms with E-state index in [0.717, 1.165) is 18.9 Å². The minimum Gasteiger partial charge on any atom is -0.382 e. The number of carbonyl (C=O) groups is 2. The van der Waals surface area contributed by atoms with Crippen LogP contribution >= 0.6 is 11.6 Å². The van der Waals surface area contributed by atoms with E-state index in [-0.39, 0.29) is 12.2 Å². The second kappa shape index (κ2) is 9.63. The van der Waals surface area contributed by atoms with Crippen molar-refractivity contribution in [3.63, 3.8) is 0 Å². The molecule has 7 nitrogen and oxygen atoms in total. The van der Waals surface area contributed by atoms with Crippen molar-refractivity contribution in [2.24, 2.45) is 0 Å². The number of fused-ring (bicyclic) bond motifs is 1. The van der Waals surface area contributed by atoms with E-state index in [1.807, 2.05) is 0 Å². The summed E-state index contributed by atoms with van der Waals surface area (Å²) in [7, 11) is 1.43. The van der Waals surface area contributed by atoms with Gasteiger partial charge in [-0.05, 0) is 49.2 Å². The van der Waals surface area contributed by atoms with Gasteiger partial charge in [-0.2, -0.15) is 13.2 Å². The van der Waals surface area contributed by atoms with E-state index in [2.05, 4.69) is 15.3 Å². The maximum atomic E-state index is 13.8. The summed E-state index contributed by atoms with van der Waals surface area (Å²) in [6, 6.07) is 7.28. The number of amides is 2. The van der Waals surface area contributed by atoms with Crippen molar-refractivity contribution in [3.05, 3.63) is 63.9 Å². The lowest BCUT2D eigenvalue weighted by Crippen LogP contribution is -2.33. The number of nitrogens with one attached hydrogen (secondary N) is 2. The van der Waals surface area contributed by atoms with Gasteiger partial charge in [0.25, 0.3) is 11.8 Å². The summed E-state index contributed by atoms with van der Waals surface area (Å²) in [5, 5.41) is 3.14. The lowest BCUT2D eigenvalue weighted by molar-refractivity contribution is -0.138. The number of imidazole rings is 1. The first-order valence-corrected chi connectivity index (χ1v) is 11.0. The van der Waals surface area contributed by atoms with Crippen molar-refractivity contribution >= 4 is 34.4 Å². The monoisotopic (exact) mass is 494 g/mol. The molecule has 11 heteroatoms. The minimum atomic E-state index is -4.80. The quantitative estimate of drug-likeness (QED) is 0.525. The van der Waals surface area contributed by atoms with Gasteiger partial charge in [0.2, 0.25) is 0 Å². The zero-order valence-electron chi connectivity index (χ0n) is 18.2. The third-order valence-corrected chi connectivity index (χ3v) is 5.88. The molecule has 180 valence electrons. The Morgan fingerprint density at radius 3 is 2.62 bits per heavy atom. The Hall–Kier alpha value is -3.11. The first-order chi connectivity index (χ1) is 16.2. The van der Waals surface area contributed by atoms with Gasteiger partial charge in [-0.1, -0.05) is 11.6 Å². The standard InChI is InChI=1S/C23H22ClF3N4O3/c1-34-12-19(20-28-17-7-5-14(24)11-18(17)29-20)30-21(32)13-4-6-15(16(10-13)23(25,26)27)22(33)31-8-2-3-9-31/h4-7,10-11,19H,2-3,8-9,12H2,1H3,(H,28,29)(H,30,32)/t19-/m0/s1. The van der Waals surface area contributed by atoms with Gasteiger partial charge in [-0.3, -0.25) is 9.59 Å². The molecule has 2 amide bonds. The molecule has 0 aliphatic carbocycles. The van der Waals surface area contributed by atoms with Gasteiger partial charge in [-0.25, -0.2) is 4.98 Å². The smallest absolute Gasteiger partial charge is 0.382 e. The molecule has 1 aliphatic rings. The van der Waals surface area contributed by atoms with E-state index in [1.54, 1.807) is 18.2 Å². The van der Waals surface area contributed by atoms with Gasteiger partial charge in [0, 0.05) is 30.8 Å². The molecule has 0 unspecified atom stereocenters. The number of aromatic nitrogens is 2. The van der Waals surface area contributed by atoms with Crippen LogP contribution in [0.1, 0.15) is 51.0 Å². The number of ether oxygens (including phenoxy) is 1. The molecular weight excluding hydrogens is 473 g/mol.